The van der Waals surface area contributed by atoms with E-state index < -0.39 is 0 Å². The summed E-state index contributed by atoms with van der Waals surface area (Å²) in [6, 6.07) is 1.09. The topological polar surface area (TPSA) is 32.3 Å². The summed E-state index contributed by atoms with van der Waals surface area (Å²) >= 11 is 0. The second-order valence-electron chi connectivity index (χ2n) is 4.89. The highest BCUT2D eigenvalue weighted by molar-refractivity contribution is 4.88. The lowest BCUT2D eigenvalue weighted by atomic mass is 10.1. The van der Waals surface area contributed by atoms with E-state index in [0.717, 1.165) is 12.3 Å². The van der Waals surface area contributed by atoms with Crippen molar-refractivity contribution in [3.63, 3.8) is 0 Å². The van der Waals surface area contributed by atoms with Gasteiger partial charge in [0.25, 0.3) is 0 Å². The van der Waals surface area contributed by atoms with Crippen molar-refractivity contribution >= 4 is 0 Å². The molecule has 0 amide bonds. The molecule has 2 rings (SSSR count). The molecule has 2 heteroatoms. The Morgan fingerprint density at radius 3 is 2.54 bits per heavy atom. The van der Waals surface area contributed by atoms with Crippen LogP contribution in [-0.4, -0.2) is 23.3 Å². The molecular formula is C11H21NO. The Kier molecular flexibility index (Phi) is 2.89. The van der Waals surface area contributed by atoms with Gasteiger partial charge in [0, 0.05) is 12.1 Å². The van der Waals surface area contributed by atoms with Crippen molar-refractivity contribution in [2.75, 3.05) is 0 Å². The van der Waals surface area contributed by atoms with Crippen molar-refractivity contribution in [3.05, 3.63) is 0 Å². The van der Waals surface area contributed by atoms with Crippen LogP contribution in [0.25, 0.3) is 0 Å². The third-order valence-corrected chi connectivity index (χ3v) is 3.62. The molecule has 4 atom stereocenters. The minimum absolute atomic E-state index is 0.0732. The van der Waals surface area contributed by atoms with E-state index in [1.807, 2.05) is 0 Å². The maximum absolute atomic E-state index is 9.65. The van der Waals surface area contributed by atoms with E-state index in [2.05, 4.69) is 12.2 Å². The number of nitrogens with one attached hydrogen (secondary N) is 1. The molecule has 2 aliphatic rings. The summed E-state index contributed by atoms with van der Waals surface area (Å²) in [4.78, 5) is 0. The summed E-state index contributed by atoms with van der Waals surface area (Å²) in [5.74, 6) is 0.885. The van der Waals surface area contributed by atoms with Crippen molar-refractivity contribution in [1.82, 2.24) is 5.32 Å². The van der Waals surface area contributed by atoms with Crippen molar-refractivity contribution in [1.29, 1.82) is 0 Å². The van der Waals surface area contributed by atoms with E-state index in [9.17, 15) is 5.11 Å². The minimum atomic E-state index is -0.0732. The maximum atomic E-state index is 9.65. The average Bonchev–Trinajstić information content (AvgIpc) is 2.64. The lowest BCUT2D eigenvalue weighted by Gasteiger charge is -2.21. The summed E-state index contributed by atoms with van der Waals surface area (Å²) in [5.41, 5.74) is 0. The number of aliphatic hydroxyl groups is 1. The molecule has 76 valence electrons. The fourth-order valence-electron chi connectivity index (χ4n) is 2.80. The molecule has 0 radical (unpaired) electrons. The standard InChI is InChI=1S/C11H21NO/c1-8-5-6-9(7-8)12-10-3-2-4-11(10)13/h8-13H,2-7H2,1H3/t8?,9?,10-,11-/m0/s1. The molecule has 0 bridgehead atoms. The van der Waals surface area contributed by atoms with Gasteiger partial charge >= 0.3 is 0 Å². The first-order chi connectivity index (χ1) is 6.25. The van der Waals surface area contributed by atoms with Crippen molar-refractivity contribution in [3.8, 4) is 0 Å². The zero-order chi connectivity index (χ0) is 9.26. The maximum Gasteiger partial charge on any atom is 0.0693 e. The molecule has 2 aliphatic carbocycles. The molecule has 2 unspecified atom stereocenters. The van der Waals surface area contributed by atoms with E-state index in [0.29, 0.717) is 12.1 Å². The van der Waals surface area contributed by atoms with Crippen LogP contribution in [0, 0.1) is 5.92 Å². The first-order valence-corrected chi connectivity index (χ1v) is 5.70. The highest BCUT2D eigenvalue weighted by atomic mass is 16.3. The van der Waals surface area contributed by atoms with Crippen LogP contribution in [0.3, 0.4) is 0 Å². The lowest BCUT2D eigenvalue weighted by molar-refractivity contribution is 0.142. The molecule has 0 aromatic rings. The van der Waals surface area contributed by atoms with Gasteiger partial charge in [-0.05, 0) is 44.4 Å². The SMILES string of the molecule is CC1CCC(N[C@H]2CCC[C@@H]2O)C1. The third kappa shape index (κ3) is 2.23. The fraction of sp³-hybridized carbons (Fsp3) is 1.00. The molecule has 2 saturated carbocycles. The van der Waals surface area contributed by atoms with Crippen LogP contribution in [-0.2, 0) is 0 Å². The Hall–Kier alpha value is -0.0800. The Labute approximate surface area is 80.7 Å². The number of aliphatic hydroxyl groups excluding tert-OH is 1. The number of rotatable bonds is 2. The fourth-order valence-corrected chi connectivity index (χ4v) is 2.80. The number of hydrogen-bond donors (Lipinski definition) is 2. The molecule has 2 nitrogen and oxygen atoms in total. The van der Waals surface area contributed by atoms with Crippen LogP contribution in [0.2, 0.25) is 0 Å². The van der Waals surface area contributed by atoms with Crippen LogP contribution in [0.5, 0.6) is 0 Å². The van der Waals surface area contributed by atoms with Gasteiger partial charge in [0.05, 0.1) is 6.10 Å². The van der Waals surface area contributed by atoms with E-state index >= 15 is 0 Å². The smallest absolute Gasteiger partial charge is 0.0693 e. The third-order valence-electron chi connectivity index (χ3n) is 3.62. The van der Waals surface area contributed by atoms with Crippen LogP contribution in [0.1, 0.15) is 45.4 Å². The van der Waals surface area contributed by atoms with Crippen LogP contribution in [0.15, 0.2) is 0 Å². The molecular weight excluding hydrogens is 162 g/mol. The molecule has 0 spiro atoms. The summed E-state index contributed by atoms with van der Waals surface area (Å²) in [6.07, 6.45) is 7.28. The zero-order valence-corrected chi connectivity index (χ0v) is 8.50. The molecule has 0 saturated heterocycles. The van der Waals surface area contributed by atoms with E-state index in [-0.39, 0.29) is 6.10 Å². The van der Waals surface area contributed by atoms with Gasteiger partial charge in [0.2, 0.25) is 0 Å². The molecule has 0 heterocycles. The summed E-state index contributed by atoms with van der Waals surface area (Å²) in [7, 11) is 0. The monoisotopic (exact) mass is 183 g/mol. The molecule has 13 heavy (non-hydrogen) atoms. The molecule has 2 fully saturated rings. The normalized spacial score (nSPS) is 45.7. The second-order valence-corrected chi connectivity index (χ2v) is 4.89. The Bertz CT molecular complexity index is 171. The Balaban J connectivity index is 1.77. The molecule has 2 N–H and O–H groups in total. The van der Waals surface area contributed by atoms with Gasteiger partial charge < -0.3 is 10.4 Å². The van der Waals surface area contributed by atoms with Gasteiger partial charge in [-0.1, -0.05) is 6.92 Å². The predicted molar refractivity (Wildman–Crippen MR) is 53.6 cm³/mol. The van der Waals surface area contributed by atoms with E-state index in [1.54, 1.807) is 0 Å². The van der Waals surface area contributed by atoms with Crippen molar-refractivity contribution in [2.45, 2.75) is 63.6 Å². The first kappa shape index (κ1) is 9.47. The van der Waals surface area contributed by atoms with Crippen LogP contribution in [0.4, 0.5) is 0 Å². The largest absolute Gasteiger partial charge is 0.392 e. The quantitative estimate of drug-likeness (QED) is 0.682. The van der Waals surface area contributed by atoms with Gasteiger partial charge in [-0.3, -0.25) is 0 Å². The lowest BCUT2D eigenvalue weighted by Crippen LogP contribution is -2.41. The molecule has 0 aromatic heterocycles. The van der Waals surface area contributed by atoms with E-state index in [4.69, 9.17) is 0 Å². The van der Waals surface area contributed by atoms with Gasteiger partial charge in [-0.25, -0.2) is 0 Å². The van der Waals surface area contributed by atoms with Crippen LogP contribution >= 0.6 is 0 Å². The minimum Gasteiger partial charge on any atom is -0.392 e. The molecule has 0 aliphatic heterocycles. The van der Waals surface area contributed by atoms with Gasteiger partial charge in [-0.2, -0.15) is 0 Å². The second kappa shape index (κ2) is 3.97. The summed E-state index contributed by atoms with van der Waals surface area (Å²) in [5, 5.41) is 13.3. The Morgan fingerprint density at radius 2 is 2.00 bits per heavy atom. The highest BCUT2D eigenvalue weighted by Crippen LogP contribution is 2.27. The first-order valence-electron chi connectivity index (χ1n) is 5.70. The number of hydrogen-bond acceptors (Lipinski definition) is 2. The van der Waals surface area contributed by atoms with Crippen molar-refractivity contribution < 1.29 is 5.11 Å². The highest BCUT2D eigenvalue weighted by Gasteiger charge is 2.29. The van der Waals surface area contributed by atoms with Gasteiger partial charge in [-0.15, -0.1) is 0 Å². The zero-order valence-electron chi connectivity index (χ0n) is 8.50. The van der Waals surface area contributed by atoms with Crippen LogP contribution < -0.4 is 5.32 Å². The average molecular weight is 183 g/mol. The van der Waals surface area contributed by atoms with Gasteiger partial charge in [0.1, 0.15) is 0 Å². The summed E-state index contributed by atoms with van der Waals surface area (Å²) < 4.78 is 0. The van der Waals surface area contributed by atoms with E-state index in [1.165, 1.54) is 32.1 Å². The molecule has 0 aromatic carbocycles. The van der Waals surface area contributed by atoms with Crippen molar-refractivity contribution in [2.24, 2.45) is 5.92 Å². The Morgan fingerprint density at radius 1 is 1.15 bits per heavy atom. The predicted octanol–water partition coefficient (Wildman–Crippen LogP) is 1.68. The van der Waals surface area contributed by atoms with Gasteiger partial charge in [0.15, 0.2) is 0 Å². The summed E-state index contributed by atoms with van der Waals surface area (Å²) in [6.45, 7) is 2.33.